The molecule has 1 atom stereocenters. The van der Waals surface area contributed by atoms with Crippen molar-refractivity contribution in [2.24, 2.45) is 5.73 Å². The van der Waals surface area contributed by atoms with E-state index in [0.717, 1.165) is 0 Å². The monoisotopic (exact) mass is 163 g/mol. The van der Waals surface area contributed by atoms with Crippen LogP contribution in [0.15, 0.2) is 0 Å². The lowest BCUT2D eigenvalue weighted by atomic mass is 10.1. The Morgan fingerprint density at radius 3 is 2.09 bits per heavy atom. The third-order valence-corrected chi connectivity index (χ3v) is 1.01. The van der Waals surface area contributed by atoms with Gasteiger partial charge in [-0.3, -0.25) is 9.59 Å². The van der Waals surface area contributed by atoms with Gasteiger partial charge in [-0.1, -0.05) is 0 Å². The van der Waals surface area contributed by atoms with Crippen molar-refractivity contribution in [3.05, 3.63) is 0 Å². The third-order valence-electron chi connectivity index (χ3n) is 1.01. The number of carbonyl (C=O) groups excluding carboxylic acids is 1. The van der Waals surface area contributed by atoms with Crippen LogP contribution < -0.4 is 5.73 Å². The van der Waals surface area contributed by atoms with Gasteiger partial charge in [0.2, 0.25) is 12.1 Å². The fraction of sp³-hybridized carbons (Fsp3) is 0.600. The first kappa shape index (κ1) is 10.0. The molecule has 11 heavy (non-hydrogen) atoms. The molecule has 6 nitrogen and oxygen atoms in total. The van der Waals surface area contributed by atoms with Gasteiger partial charge >= 0.3 is 5.97 Å². The van der Waals surface area contributed by atoms with Crippen LogP contribution in [0.4, 0.5) is 0 Å². The minimum atomic E-state index is -2.19. The summed E-state index contributed by atoms with van der Waals surface area (Å²) < 4.78 is 0. The highest BCUT2D eigenvalue weighted by molar-refractivity contribution is 5.89. The Bertz CT molecular complexity index is 166. The maximum Gasteiger partial charge on any atom is 0.305 e. The van der Waals surface area contributed by atoms with Gasteiger partial charge in [-0.25, -0.2) is 0 Å². The van der Waals surface area contributed by atoms with E-state index in [9.17, 15) is 9.59 Å². The van der Waals surface area contributed by atoms with E-state index in [0.29, 0.717) is 0 Å². The number of hydrogen-bond donors (Lipinski definition) is 4. The molecule has 0 heterocycles. The Morgan fingerprint density at radius 1 is 1.36 bits per heavy atom. The summed E-state index contributed by atoms with van der Waals surface area (Å²) >= 11 is 0. The average molecular weight is 163 g/mol. The topological polar surface area (TPSA) is 121 Å². The van der Waals surface area contributed by atoms with Crippen molar-refractivity contribution in [1.29, 1.82) is 0 Å². The molecule has 0 saturated heterocycles. The first-order valence-electron chi connectivity index (χ1n) is 2.82. The predicted octanol–water partition coefficient (Wildman–Crippen LogP) is -2.33. The van der Waals surface area contributed by atoms with Crippen LogP contribution in [0.3, 0.4) is 0 Å². The minimum Gasteiger partial charge on any atom is -0.481 e. The van der Waals surface area contributed by atoms with Gasteiger partial charge in [0.25, 0.3) is 0 Å². The smallest absolute Gasteiger partial charge is 0.305 e. The molecule has 0 radical (unpaired) electrons. The summed E-state index contributed by atoms with van der Waals surface area (Å²) in [5, 5.41) is 24.6. The Balaban J connectivity index is 3.93. The van der Waals surface area contributed by atoms with Crippen molar-refractivity contribution in [3.8, 4) is 0 Å². The fourth-order valence-corrected chi connectivity index (χ4v) is 0.480. The first-order chi connectivity index (χ1) is 4.95. The highest BCUT2D eigenvalue weighted by atomic mass is 16.5. The molecule has 0 fully saturated rings. The molecular weight excluding hydrogens is 154 g/mol. The highest BCUT2D eigenvalue weighted by Crippen LogP contribution is 1.92. The standard InChI is InChI=1S/C5H9NO5/c6-2(1-3(7)8)4(9)5(10)11/h2,5,10-11H,1,6H2,(H,7,8)/t2-/m0/s1. The Labute approximate surface area is 62.2 Å². The quantitative estimate of drug-likeness (QED) is 0.345. The van der Waals surface area contributed by atoms with Crippen LogP contribution in [0.25, 0.3) is 0 Å². The van der Waals surface area contributed by atoms with E-state index in [-0.39, 0.29) is 0 Å². The summed E-state index contributed by atoms with van der Waals surface area (Å²) in [6.45, 7) is 0. The lowest BCUT2D eigenvalue weighted by Crippen LogP contribution is -2.39. The van der Waals surface area contributed by atoms with Crippen LogP contribution in [-0.4, -0.2) is 39.4 Å². The van der Waals surface area contributed by atoms with Gasteiger partial charge in [-0.2, -0.15) is 0 Å². The molecule has 0 aromatic rings. The minimum absolute atomic E-state index is 0.601. The number of carbonyl (C=O) groups is 2. The molecule has 0 saturated carbocycles. The number of ketones is 1. The second-order valence-corrected chi connectivity index (χ2v) is 1.98. The molecule has 0 amide bonds. The average Bonchev–Trinajstić information content (AvgIpc) is 1.84. The summed E-state index contributed by atoms with van der Waals surface area (Å²) in [6.07, 6.45) is -2.79. The highest BCUT2D eigenvalue weighted by Gasteiger charge is 2.22. The number of carboxylic acid groups (broad SMARTS) is 1. The molecule has 0 aliphatic carbocycles. The molecule has 0 spiro atoms. The number of hydrogen-bond acceptors (Lipinski definition) is 5. The number of aliphatic carboxylic acids is 1. The van der Waals surface area contributed by atoms with Crippen LogP contribution in [-0.2, 0) is 9.59 Å². The van der Waals surface area contributed by atoms with Gasteiger partial charge in [0.15, 0.2) is 0 Å². The Hall–Kier alpha value is -0.980. The summed E-state index contributed by atoms with van der Waals surface area (Å²) in [4.78, 5) is 20.4. The van der Waals surface area contributed by atoms with E-state index in [1.807, 2.05) is 0 Å². The van der Waals surface area contributed by atoms with E-state index in [4.69, 9.17) is 21.1 Å². The number of Topliss-reactive ketones (excluding diaryl/α,β-unsaturated/α-hetero) is 1. The van der Waals surface area contributed by atoms with Crippen molar-refractivity contribution in [2.45, 2.75) is 18.8 Å². The summed E-state index contributed by atoms with van der Waals surface area (Å²) in [7, 11) is 0. The molecule has 5 N–H and O–H groups in total. The Kier molecular flexibility index (Phi) is 3.66. The maximum absolute atomic E-state index is 10.5. The van der Waals surface area contributed by atoms with Gasteiger partial charge in [0.05, 0.1) is 12.5 Å². The van der Waals surface area contributed by atoms with E-state index < -0.39 is 30.5 Å². The van der Waals surface area contributed by atoms with Crippen molar-refractivity contribution in [3.63, 3.8) is 0 Å². The number of carboxylic acids is 1. The van der Waals surface area contributed by atoms with E-state index in [1.165, 1.54) is 0 Å². The zero-order chi connectivity index (χ0) is 9.02. The first-order valence-corrected chi connectivity index (χ1v) is 2.82. The number of aliphatic hydroxyl groups is 2. The van der Waals surface area contributed by atoms with Crippen LogP contribution in [0.1, 0.15) is 6.42 Å². The van der Waals surface area contributed by atoms with Gasteiger partial charge in [-0.05, 0) is 0 Å². The molecule has 0 aromatic heterocycles. The van der Waals surface area contributed by atoms with Gasteiger partial charge in [-0.15, -0.1) is 0 Å². The molecule has 64 valence electrons. The largest absolute Gasteiger partial charge is 0.481 e. The van der Waals surface area contributed by atoms with Crippen molar-refractivity contribution < 1.29 is 24.9 Å². The molecule has 0 aliphatic heterocycles. The maximum atomic E-state index is 10.5. The number of nitrogens with two attached hydrogens (primary N) is 1. The number of rotatable bonds is 4. The van der Waals surface area contributed by atoms with Crippen LogP contribution in [0, 0.1) is 0 Å². The van der Waals surface area contributed by atoms with Crippen LogP contribution in [0.2, 0.25) is 0 Å². The summed E-state index contributed by atoms with van der Waals surface area (Å²) in [5.74, 6) is -2.35. The van der Waals surface area contributed by atoms with Gasteiger partial charge in [0.1, 0.15) is 0 Å². The van der Waals surface area contributed by atoms with Crippen LogP contribution in [0.5, 0.6) is 0 Å². The van der Waals surface area contributed by atoms with Gasteiger partial charge in [0, 0.05) is 0 Å². The second kappa shape index (κ2) is 4.02. The SMILES string of the molecule is N[C@@H](CC(=O)O)C(=O)C(O)O. The predicted molar refractivity (Wildman–Crippen MR) is 33.5 cm³/mol. The van der Waals surface area contributed by atoms with Crippen molar-refractivity contribution >= 4 is 11.8 Å². The van der Waals surface area contributed by atoms with Gasteiger partial charge < -0.3 is 21.1 Å². The number of aliphatic hydroxyl groups excluding tert-OH is 1. The van der Waals surface area contributed by atoms with Crippen LogP contribution >= 0.6 is 0 Å². The third kappa shape index (κ3) is 3.66. The zero-order valence-electron chi connectivity index (χ0n) is 5.60. The molecule has 6 heteroatoms. The molecule has 0 rings (SSSR count). The lowest BCUT2D eigenvalue weighted by Gasteiger charge is -2.07. The molecule has 0 aliphatic rings. The van der Waals surface area contributed by atoms with E-state index in [1.54, 1.807) is 0 Å². The van der Waals surface area contributed by atoms with Crippen molar-refractivity contribution in [2.75, 3.05) is 0 Å². The zero-order valence-corrected chi connectivity index (χ0v) is 5.60. The molecule has 0 unspecified atom stereocenters. The Morgan fingerprint density at radius 2 is 1.82 bits per heavy atom. The van der Waals surface area contributed by atoms with E-state index in [2.05, 4.69) is 0 Å². The summed E-state index contributed by atoms with van der Waals surface area (Å²) in [6, 6.07) is -1.35. The molecular formula is C5H9NO5. The van der Waals surface area contributed by atoms with E-state index >= 15 is 0 Å². The second-order valence-electron chi connectivity index (χ2n) is 1.98. The lowest BCUT2D eigenvalue weighted by molar-refractivity contribution is -0.149. The molecule has 0 bridgehead atoms. The normalized spacial score (nSPS) is 13.1. The fourth-order valence-electron chi connectivity index (χ4n) is 0.480. The van der Waals surface area contributed by atoms with Crippen molar-refractivity contribution in [1.82, 2.24) is 0 Å². The molecule has 0 aromatic carbocycles. The summed E-state index contributed by atoms with van der Waals surface area (Å²) in [5.41, 5.74) is 4.97.